The standard InChI is InChI=1S/C18H23N/c1-4-5-6-16(3)13-19-12-11-18(14-19)17-9-7-15(2)8-10-17/h4-10,18H,1,3,11-14H2,2H3/b6-5-. The molecule has 0 aromatic heterocycles. The van der Waals surface area contributed by atoms with Crippen molar-refractivity contribution in [3.05, 3.63) is 72.4 Å². The maximum atomic E-state index is 4.09. The number of nitrogens with zero attached hydrogens (tertiary/aromatic N) is 1. The fourth-order valence-electron chi connectivity index (χ4n) is 2.63. The van der Waals surface area contributed by atoms with Crippen LogP contribution >= 0.6 is 0 Å². The molecule has 100 valence electrons. The summed E-state index contributed by atoms with van der Waals surface area (Å²) < 4.78 is 0. The first-order valence-corrected chi connectivity index (χ1v) is 6.95. The first-order chi connectivity index (χ1) is 9.19. The van der Waals surface area contributed by atoms with Gasteiger partial charge >= 0.3 is 0 Å². The number of rotatable bonds is 5. The van der Waals surface area contributed by atoms with Crippen LogP contribution in [0, 0.1) is 6.92 Å². The molecule has 0 N–H and O–H groups in total. The maximum absolute atomic E-state index is 4.09. The molecule has 0 aliphatic carbocycles. The second-order valence-electron chi connectivity index (χ2n) is 5.38. The second-order valence-corrected chi connectivity index (χ2v) is 5.38. The maximum Gasteiger partial charge on any atom is 0.0228 e. The molecule has 1 nitrogen and oxygen atoms in total. The van der Waals surface area contributed by atoms with Gasteiger partial charge in [0.15, 0.2) is 0 Å². The second kappa shape index (κ2) is 6.53. The van der Waals surface area contributed by atoms with Gasteiger partial charge in [-0.15, -0.1) is 0 Å². The molecule has 0 amide bonds. The third kappa shape index (κ3) is 3.93. The molecule has 1 unspecified atom stereocenters. The van der Waals surface area contributed by atoms with Gasteiger partial charge in [0, 0.05) is 13.1 Å². The smallest absolute Gasteiger partial charge is 0.0228 e. The first kappa shape index (κ1) is 13.8. The van der Waals surface area contributed by atoms with E-state index in [1.165, 1.54) is 24.1 Å². The van der Waals surface area contributed by atoms with Crippen molar-refractivity contribution in [2.45, 2.75) is 19.3 Å². The van der Waals surface area contributed by atoms with Crippen molar-refractivity contribution < 1.29 is 0 Å². The van der Waals surface area contributed by atoms with Gasteiger partial charge in [0.25, 0.3) is 0 Å². The SMILES string of the molecule is C=C/C=C\C(=C)CN1CCC(c2ccc(C)cc2)C1. The third-order valence-electron chi connectivity index (χ3n) is 3.72. The lowest BCUT2D eigenvalue weighted by molar-refractivity contribution is 0.366. The summed E-state index contributed by atoms with van der Waals surface area (Å²) in [5.74, 6) is 0.678. The van der Waals surface area contributed by atoms with E-state index in [4.69, 9.17) is 0 Å². The highest BCUT2D eigenvalue weighted by Gasteiger charge is 2.23. The minimum absolute atomic E-state index is 0.678. The van der Waals surface area contributed by atoms with Crippen molar-refractivity contribution in [1.82, 2.24) is 4.90 Å². The molecule has 0 radical (unpaired) electrons. The van der Waals surface area contributed by atoms with Crippen LogP contribution in [0.5, 0.6) is 0 Å². The third-order valence-corrected chi connectivity index (χ3v) is 3.72. The van der Waals surface area contributed by atoms with Crippen LogP contribution < -0.4 is 0 Å². The van der Waals surface area contributed by atoms with E-state index in [-0.39, 0.29) is 0 Å². The minimum atomic E-state index is 0.678. The van der Waals surface area contributed by atoms with Crippen LogP contribution in [0.3, 0.4) is 0 Å². The molecule has 1 saturated heterocycles. The van der Waals surface area contributed by atoms with Gasteiger partial charge in [0.1, 0.15) is 0 Å². The Morgan fingerprint density at radius 3 is 2.79 bits per heavy atom. The molecule has 0 saturated carbocycles. The molecular formula is C18H23N. The molecule has 1 fully saturated rings. The summed E-state index contributed by atoms with van der Waals surface area (Å²) in [5, 5.41) is 0. The van der Waals surface area contributed by atoms with Crippen LogP contribution in [0.15, 0.2) is 61.2 Å². The van der Waals surface area contributed by atoms with Crippen molar-refractivity contribution in [1.29, 1.82) is 0 Å². The van der Waals surface area contributed by atoms with Gasteiger partial charge in [0.05, 0.1) is 0 Å². The highest BCUT2D eigenvalue weighted by molar-refractivity contribution is 5.26. The highest BCUT2D eigenvalue weighted by Crippen LogP contribution is 2.27. The normalized spacial score (nSPS) is 19.9. The zero-order valence-electron chi connectivity index (χ0n) is 11.8. The number of hydrogen-bond donors (Lipinski definition) is 0. The predicted molar refractivity (Wildman–Crippen MR) is 83.5 cm³/mol. The lowest BCUT2D eigenvalue weighted by Crippen LogP contribution is -2.22. The van der Waals surface area contributed by atoms with E-state index in [0.717, 1.165) is 18.7 Å². The Morgan fingerprint density at radius 2 is 2.11 bits per heavy atom. The Balaban J connectivity index is 1.89. The van der Waals surface area contributed by atoms with Gasteiger partial charge in [-0.3, -0.25) is 4.90 Å². The summed E-state index contributed by atoms with van der Waals surface area (Å²) in [6.45, 7) is 13.2. The molecule has 1 atom stereocenters. The number of likely N-dealkylation sites (tertiary alicyclic amines) is 1. The number of aryl methyl sites for hydroxylation is 1. The molecule has 1 heteroatoms. The fourth-order valence-corrected chi connectivity index (χ4v) is 2.63. The van der Waals surface area contributed by atoms with E-state index in [1.54, 1.807) is 6.08 Å². The van der Waals surface area contributed by atoms with Gasteiger partial charge in [-0.2, -0.15) is 0 Å². The van der Waals surface area contributed by atoms with Crippen LogP contribution in [-0.2, 0) is 0 Å². The summed E-state index contributed by atoms with van der Waals surface area (Å²) >= 11 is 0. The minimum Gasteiger partial charge on any atom is -0.298 e. The van der Waals surface area contributed by atoms with Crippen molar-refractivity contribution in [2.24, 2.45) is 0 Å². The quantitative estimate of drug-likeness (QED) is 0.715. The predicted octanol–water partition coefficient (Wildman–Crippen LogP) is 4.08. The Hall–Kier alpha value is -1.60. The van der Waals surface area contributed by atoms with Crippen LogP contribution in [0.2, 0.25) is 0 Å². The van der Waals surface area contributed by atoms with Gasteiger partial charge in [0.2, 0.25) is 0 Å². The lowest BCUT2D eigenvalue weighted by atomic mass is 9.98. The molecule has 1 aromatic carbocycles. The molecule has 2 rings (SSSR count). The summed E-state index contributed by atoms with van der Waals surface area (Å²) in [7, 11) is 0. The molecule has 0 bridgehead atoms. The van der Waals surface area contributed by atoms with E-state index < -0.39 is 0 Å². The van der Waals surface area contributed by atoms with E-state index in [2.05, 4.69) is 49.2 Å². The average Bonchev–Trinajstić information content (AvgIpc) is 2.85. The molecule has 1 aliphatic rings. The Bertz CT molecular complexity index is 467. The molecule has 0 spiro atoms. The van der Waals surface area contributed by atoms with E-state index in [9.17, 15) is 0 Å². The topological polar surface area (TPSA) is 3.24 Å². The van der Waals surface area contributed by atoms with Crippen molar-refractivity contribution in [2.75, 3.05) is 19.6 Å². The summed E-state index contributed by atoms with van der Waals surface area (Å²) in [6.07, 6.45) is 7.05. The number of benzene rings is 1. The number of allylic oxidation sites excluding steroid dienone is 2. The van der Waals surface area contributed by atoms with E-state index in [1.807, 2.05) is 12.2 Å². The molecular weight excluding hydrogens is 230 g/mol. The average molecular weight is 253 g/mol. The summed E-state index contributed by atoms with van der Waals surface area (Å²) in [5.41, 5.74) is 3.96. The van der Waals surface area contributed by atoms with Crippen LogP contribution in [0.4, 0.5) is 0 Å². The van der Waals surface area contributed by atoms with Gasteiger partial charge in [-0.1, -0.05) is 61.2 Å². The fraction of sp³-hybridized carbons (Fsp3) is 0.333. The Morgan fingerprint density at radius 1 is 1.37 bits per heavy atom. The largest absolute Gasteiger partial charge is 0.298 e. The van der Waals surface area contributed by atoms with Crippen molar-refractivity contribution in [3.8, 4) is 0 Å². The van der Waals surface area contributed by atoms with E-state index >= 15 is 0 Å². The van der Waals surface area contributed by atoms with Crippen molar-refractivity contribution in [3.63, 3.8) is 0 Å². The molecule has 1 heterocycles. The lowest BCUT2D eigenvalue weighted by Gasteiger charge is -2.16. The monoisotopic (exact) mass is 253 g/mol. The zero-order valence-corrected chi connectivity index (χ0v) is 11.8. The molecule has 19 heavy (non-hydrogen) atoms. The first-order valence-electron chi connectivity index (χ1n) is 6.95. The highest BCUT2D eigenvalue weighted by atomic mass is 15.1. The van der Waals surface area contributed by atoms with Gasteiger partial charge < -0.3 is 0 Å². The van der Waals surface area contributed by atoms with E-state index in [0.29, 0.717) is 5.92 Å². The Kier molecular flexibility index (Phi) is 4.75. The molecule has 1 aromatic rings. The van der Waals surface area contributed by atoms with Gasteiger partial charge in [-0.05, 0) is 36.9 Å². The summed E-state index contributed by atoms with van der Waals surface area (Å²) in [6, 6.07) is 8.97. The van der Waals surface area contributed by atoms with Crippen LogP contribution in [0.1, 0.15) is 23.5 Å². The zero-order chi connectivity index (χ0) is 13.7. The van der Waals surface area contributed by atoms with Crippen molar-refractivity contribution >= 4 is 0 Å². The molecule has 1 aliphatic heterocycles. The Labute approximate surface area is 116 Å². The van der Waals surface area contributed by atoms with Crippen LogP contribution in [0.25, 0.3) is 0 Å². The van der Waals surface area contributed by atoms with Crippen LogP contribution in [-0.4, -0.2) is 24.5 Å². The summed E-state index contributed by atoms with van der Waals surface area (Å²) in [4.78, 5) is 2.49. The van der Waals surface area contributed by atoms with Gasteiger partial charge in [-0.25, -0.2) is 0 Å². The number of hydrogen-bond acceptors (Lipinski definition) is 1.